The zero-order valence-electron chi connectivity index (χ0n) is 15.3. The molecule has 5 heteroatoms. The number of aryl methyl sites for hydroxylation is 1. The van der Waals surface area contributed by atoms with Gasteiger partial charge in [-0.05, 0) is 43.5 Å². The molecule has 0 spiro atoms. The van der Waals surface area contributed by atoms with Gasteiger partial charge in [0, 0.05) is 52.9 Å². The molecule has 0 radical (unpaired) electrons. The zero-order chi connectivity index (χ0) is 18.1. The second-order valence-corrected chi connectivity index (χ2v) is 8.41. The molecular weight excluding hydrogens is 342 g/mol. The number of hydrogen-bond donors (Lipinski definition) is 2. The van der Waals surface area contributed by atoms with E-state index < -0.39 is 0 Å². The number of nitrogens with zero attached hydrogens (tertiary/aromatic N) is 1. The highest BCUT2D eigenvalue weighted by Gasteiger charge is 2.34. The van der Waals surface area contributed by atoms with Crippen LogP contribution in [0.1, 0.15) is 41.1 Å². The second kappa shape index (κ2) is 7.25. The number of aromatic nitrogens is 1. The fourth-order valence-corrected chi connectivity index (χ4v) is 5.10. The number of H-pyrrole nitrogens is 1. The Bertz CT molecular complexity index is 913. The highest BCUT2D eigenvalue weighted by atomic mass is 32.1. The number of likely N-dealkylation sites (tertiary alicyclic amines) is 1. The van der Waals surface area contributed by atoms with Crippen LogP contribution in [0.25, 0.3) is 10.9 Å². The van der Waals surface area contributed by atoms with Gasteiger partial charge in [-0.25, -0.2) is 0 Å². The fraction of sp³-hybridized carbons (Fsp3) is 0.381. The minimum atomic E-state index is 0.130. The number of fused-ring (bicyclic) bond motifs is 1. The Morgan fingerprint density at radius 2 is 2.15 bits per heavy atom. The Labute approximate surface area is 158 Å². The standard InChI is InChI=1S/C21H25N3OS/c1-14-9-10-20(26-14)21-19(8-5-11-24(21)15(2)25)23-13-16-12-22-18-7-4-3-6-17(16)18/h3-4,6-7,9-10,12,19,21-23H,5,8,11,13H2,1-2H3/t19-,21-/m1/s1. The first-order chi connectivity index (χ1) is 12.6. The predicted molar refractivity (Wildman–Crippen MR) is 107 cm³/mol. The molecule has 4 rings (SSSR count). The van der Waals surface area contributed by atoms with Crippen molar-refractivity contribution < 1.29 is 4.79 Å². The molecule has 2 aromatic heterocycles. The Morgan fingerprint density at radius 3 is 2.92 bits per heavy atom. The van der Waals surface area contributed by atoms with Crippen molar-refractivity contribution in [3.05, 3.63) is 57.9 Å². The van der Waals surface area contributed by atoms with Crippen molar-refractivity contribution in [2.75, 3.05) is 6.54 Å². The molecule has 136 valence electrons. The molecule has 0 aliphatic carbocycles. The molecule has 2 atom stereocenters. The Morgan fingerprint density at radius 1 is 1.31 bits per heavy atom. The summed E-state index contributed by atoms with van der Waals surface area (Å²) in [5.74, 6) is 0.166. The van der Waals surface area contributed by atoms with Gasteiger partial charge in [-0.3, -0.25) is 4.79 Å². The van der Waals surface area contributed by atoms with E-state index in [2.05, 4.69) is 59.8 Å². The summed E-state index contributed by atoms with van der Waals surface area (Å²) in [6.07, 6.45) is 4.23. The van der Waals surface area contributed by atoms with Crippen LogP contribution in [0.5, 0.6) is 0 Å². The van der Waals surface area contributed by atoms with Crippen LogP contribution in [0.4, 0.5) is 0 Å². The van der Waals surface area contributed by atoms with E-state index in [1.54, 1.807) is 18.3 Å². The minimum Gasteiger partial charge on any atom is -0.361 e. The number of benzene rings is 1. The smallest absolute Gasteiger partial charge is 0.220 e. The number of carbonyl (C=O) groups is 1. The van der Waals surface area contributed by atoms with Crippen LogP contribution in [0.15, 0.2) is 42.6 Å². The van der Waals surface area contributed by atoms with E-state index >= 15 is 0 Å². The normalized spacial score (nSPS) is 20.6. The number of para-hydroxylation sites is 1. The number of amides is 1. The molecule has 4 nitrogen and oxygen atoms in total. The minimum absolute atomic E-state index is 0.130. The topological polar surface area (TPSA) is 48.1 Å². The maximum atomic E-state index is 12.2. The van der Waals surface area contributed by atoms with Gasteiger partial charge >= 0.3 is 0 Å². The third-order valence-corrected chi connectivity index (χ3v) is 6.39. The number of carbonyl (C=O) groups excluding carboxylic acids is 1. The van der Waals surface area contributed by atoms with E-state index in [4.69, 9.17) is 0 Å². The SMILES string of the molecule is CC(=O)N1CCC[C@@H](NCc2c[nH]c3ccccc23)[C@@H]1c1ccc(C)s1. The summed E-state index contributed by atoms with van der Waals surface area (Å²) in [7, 11) is 0. The van der Waals surface area contributed by atoms with E-state index in [0.29, 0.717) is 0 Å². The molecule has 3 aromatic rings. The van der Waals surface area contributed by atoms with Crippen LogP contribution >= 0.6 is 11.3 Å². The summed E-state index contributed by atoms with van der Waals surface area (Å²) in [6.45, 7) is 5.47. The molecule has 0 saturated carbocycles. The van der Waals surface area contributed by atoms with Crippen molar-refractivity contribution >= 4 is 28.1 Å². The van der Waals surface area contributed by atoms with E-state index in [-0.39, 0.29) is 18.0 Å². The maximum Gasteiger partial charge on any atom is 0.220 e. The van der Waals surface area contributed by atoms with Gasteiger partial charge < -0.3 is 15.2 Å². The van der Waals surface area contributed by atoms with Crippen LogP contribution in [-0.4, -0.2) is 28.4 Å². The lowest BCUT2D eigenvalue weighted by Gasteiger charge is -2.41. The first-order valence-corrected chi connectivity index (χ1v) is 10.1. The van der Waals surface area contributed by atoms with Gasteiger partial charge in [-0.15, -0.1) is 11.3 Å². The van der Waals surface area contributed by atoms with Crippen molar-refractivity contribution in [1.82, 2.24) is 15.2 Å². The van der Waals surface area contributed by atoms with Crippen LogP contribution in [0.2, 0.25) is 0 Å². The van der Waals surface area contributed by atoms with Crippen molar-refractivity contribution in [1.29, 1.82) is 0 Å². The van der Waals surface area contributed by atoms with Crippen molar-refractivity contribution in [3.8, 4) is 0 Å². The van der Waals surface area contributed by atoms with Crippen LogP contribution in [0.3, 0.4) is 0 Å². The molecule has 1 aliphatic heterocycles. The summed E-state index contributed by atoms with van der Waals surface area (Å²) >= 11 is 1.80. The van der Waals surface area contributed by atoms with E-state index in [9.17, 15) is 4.79 Å². The molecule has 1 aromatic carbocycles. The third kappa shape index (κ3) is 3.29. The predicted octanol–water partition coefficient (Wildman–Crippen LogP) is 4.38. The summed E-state index contributed by atoms with van der Waals surface area (Å²) in [4.78, 5) is 20.2. The van der Waals surface area contributed by atoms with Gasteiger partial charge in [-0.1, -0.05) is 18.2 Å². The molecule has 1 amide bonds. The second-order valence-electron chi connectivity index (χ2n) is 7.09. The molecule has 1 saturated heterocycles. The van der Waals surface area contributed by atoms with Gasteiger partial charge in [0.2, 0.25) is 5.91 Å². The molecule has 1 fully saturated rings. The van der Waals surface area contributed by atoms with Gasteiger partial charge in [0.05, 0.1) is 6.04 Å². The largest absolute Gasteiger partial charge is 0.361 e. The van der Waals surface area contributed by atoms with Crippen LogP contribution < -0.4 is 5.32 Å². The molecule has 26 heavy (non-hydrogen) atoms. The average molecular weight is 368 g/mol. The summed E-state index contributed by atoms with van der Waals surface area (Å²) in [5, 5.41) is 5.02. The van der Waals surface area contributed by atoms with Gasteiger partial charge in [0.25, 0.3) is 0 Å². The zero-order valence-corrected chi connectivity index (χ0v) is 16.1. The van der Waals surface area contributed by atoms with E-state index in [0.717, 1.165) is 25.9 Å². The Balaban J connectivity index is 1.57. The lowest BCUT2D eigenvalue weighted by Crippen LogP contribution is -2.49. The number of rotatable bonds is 4. The maximum absolute atomic E-state index is 12.2. The highest BCUT2D eigenvalue weighted by molar-refractivity contribution is 7.12. The first kappa shape index (κ1) is 17.3. The highest BCUT2D eigenvalue weighted by Crippen LogP contribution is 2.35. The molecular formula is C21H25N3OS. The van der Waals surface area contributed by atoms with Gasteiger partial charge in [0.1, 0.15) is 0 Å². The van der Waals surface area contributed by atoms with Gasteiger partial charge in [0.15, 0.2) is 0 Å². The summed E-state index contributed by atoms with van der Waals surface area (Å²) < 4.78 is 0. The van der Waals surface area contributed by atoms with E-state index in [1.807, 2.05) is 4.90 Å². The third-order valence-electron chi connectivity index (χ3n) is 5.32. The lowest BCUT2D eigenvalue weighted by atomic mass is 9.94. The van der Waals surface area contributed by atoms with Gasteiger partial charge in [-0.2, -0.15) is 0 Å². The monoisotopic (exact) mass is 367 g/mol. The molecule has 1 aliphatic rings. The molecule has 2 N–H and O–H groups in total. The summed E-state index contributed by atoms with van der Waals surface area (Å²) in [5.41, 5.74) is 2.45. The van der Waals surface area contributed by atoms with Crippen molar-refractivity contribution in [2.24, 2.45) is 0 Å². The average Bonchev–Trinajstić information content (AvgIpc) is 3.25. The number of aromatic amines is 1. The number of nitrogens with one attached hydrogen (secondary N) is 2. The van der Waals surface area contributed by atoms with Crippen LogP contribution in [0, 0.1) is 6.92 Å². The Kier molecular flexibility index (Phi) is 4.83. The summed E-state index contributed by atoms with van der Waals surface area (Å²) in [6, 6.07) is 13.1. The first-order valence-electron chi connectivity index (χ1n) is 9.25. The lowest BCUT2D eigenvalue weighted by molar-refractivity contribution is -0.133. The molecule has 3 heterocycles. The number of thiophene rings is 1. The van der Waals surface area contributed by atoms with E-state index in [1.165, 1.54) is 26.2 Å². The number of hydrogen-bond acceptors (Lipinski definition) is 3. The number of piperidine rings is 1. The fourth-order valence-electron chi connectivity index (χ4n) is 4.05. The van der Waals surface area contributed by atoms with Crippen molar-refractivity contribution in [2.45, 2.75) is 45.3 Å². The Hall–Kier alpha value is -2.11. The molecule has 0 unspecified atom stereocenters. The van der Waals surface area contributed by atoms with Crippen molar-refractivity contribution in [3.63, 3.8) is 0 Å². The van der Waals surface area contributed by atoms with Crippen LogP contribution in [-0.2, 0) is 11.3 Å². The quantitative estimate of drug-likeness (QED) is 0.719. The molecule has 0 bridgehead atoms.